The molecule has 0 aliphatic rings. The van der Waals surface area contributed by atoms with E-state index in [1.807, 2.05) is 60.7 Å². The first-order valence-electron chi connectivity index (χ1n) is 10.5. The lowest BCUT2D eigenvalue weighted by Gasteiger charge is -2.31. The predicted molar refractivity (Wildman–Crippen MR) is 130 cm³/mol. The molecule has 32 heavy (non-hydrogen) atoms. The Labute approximate surface area is 199 Å². The summed E-state index contributed by atoms with van der Waals surface area (Å²) in [7, 11) is 1.58. The number of likely N-dealkylation sites (N-methyl/N-ethyl adjacent to an activating group) is 1. The van der Waals surface area contributed by atoms with E-state index in [9.17, 15) is 9.59 Å². The SMILES string of the molecule is CNC(=O)[C@@H](Cc1ccccc1)N(Cc1c(Cl)cccc1Cl)C(=O)CCc1ccccc1. The lowest BCUT2D eigenvalue weighted by Crippen LogP contribution is -2.49. The molecule has 1 N–H and O–H groups in total. The van der Waals surface area contributed by atoms with Crippen LogP contribution in [0.1, 0.15) is 23.1 Å². The summed E-state index contributed by atoms with van der Waals surface area (Å²) in [5.74, 6) is -0.362. The second kappa shape index (κ2) is 11.7. The van der Waals surface area contributed by atoms with Crippen LogP contribution in [0.4, 0.5) is 0 Å². The van der Waals surface area contributed by atoms with Crippen LogP contribution in [0.5, 0.6) is 0 Å². The molecule has 0 bridgehead atoms. The van der Waals surface area contributed by atoms with Gasteiger partial charge in [-0.1, -0.05) is 89.9 Å². The number of benzene rings is 3. The largest absolute Gasteiger partial charge is 0.357 e. The second-order valence-electron chi connectivity index (χ2n) is 7.53. The summed E-state index contributed by atoms with van der Waals surface area (Å²) in [6.07, 6.45) is 1.24. The third-order valence-corrected chi connectivity index (χ3v) is 6.09. The highest BCUT2D eigenvalue weighted by atomic mass is 35.5. The number of carbonyl (C=O) groups is 2. The van der Waals surface area contributed by atoms with E-state index in [0.29, 0.717) is 28.5 Å². The molecule has 3 aromatic rings. The van der Waals surface area contributed by atoms with Crippen molar-refractivity contribution >= 4 is 35.0 Å². The third kappa shape index (κ3) is 6.35. The Bertz CT molecular complexity index is 1020. The Hall–Kier alpha value is -2.82. The van der Waals surface area contributed by atoms with Gasteiger partial charge in [-0.15, -0.1) is 0 Å². The van der Waals surface area contributed by atoms with Crippen LogP contribution in [-0.4, -0.2) is 29.8 Å². The summed E-state index contributed by atoms with van der Waals surface area (Å²) in [5.41, 5.74) is 2.66. The zero-order chi connectivity index (χ0) is 22.9. The van der Waals surface area contributed by atoms with E-state index >= 15 is 0 Å². The molecule has 0 radical (unpaired) electrons. The maximum absolute atomic E-state index is 13.5. The van der Waals surface area contributed by atoms with Crippen LogP contribution in [0.3, 0.4) is 0 Å². The molecule has 6 heteroatoms. The highest BCUT2D eigenvalue weighted by Crippen LogP contribution is 2.27. The lowest BCUT2D eigenvalue weighted by atomic mass is 10.0. The smallest absolute Gasteiger partial charge is 0.242 e. The van der Waals surface area contributed by atoms with Gasteiger partial charge < -0.3 is 10.2 Å². The maximum atomic E-state index is 13.5. The Morgan fingerprint density at radius 1 is 0.844 bits per heavy atom. The average Bonchev–Trinajstić information content (AvgIpc) is 2.82. The molecule has 0 saturated heterocycles. The van der Waals surface area contributed by atoms with E-state index in [4.69, 9.17) is 23.2 Å². The Kier molecular flexibility index (Phi) is 8.72. The standard InChI is InChI=1S/C26H26Cl2N2O2/c1-29-26(32)24(17-20-11-6-3-7-12-20)30(18-21-22(27)13-8-14-23(21)28)25(31)16-15-19-9-4-2-5-10-19/h2-14,24H,15-18H2,1H3,(H,29,32)/t24-/m1/s1. The van der Waals surface area contributed by atoms with Gasteiger partial charge in [-0.2, -0.15) is 0 Å². The van der Waals surface area contributed by atoms with Gasteiger partial charge in [0.1, 0.15) is 6.04 Å². The van der Waals surface area contributed by atoms with Crippen molar-refractivity contribution < 1.29 is 9.59 Å². The van der Waals surface area contributed by atoms with Crippen LogP contribution in [0, 0.1) is 0 Å². The zero-order valence-electron chi connectivity index (χ0n) is 17.9. The number of rotatable bonds is 9. The predicted octanol–water partition coefficient (Wildman–Crippen LogP) is 5.31. The van der Waals surface area contributed by atoms with Crippen LogP contribution >= 0.6 is 23.2 Å². The van der Waals surface area contributed by atoms with Crippen molar-refractivity contribution in [2.75, 3.05) is 7.05 Å². The minimum absolute atomic E-state index is 0.130. The summed E-state index contributed by atoms with van der Waals surface area (Å²) in [6, 6.07) is 24.0. The molecule has 3 aromatic carbocycles. The number of nitrogens with one attached hydrogen (secondary N) is 1. The van der Waals surface area contributed by atoms with Crippen molar-refractivity contribution in [1.82, 2.24) is 10.2 Å². The van der Waals surface area contributed by atoms with Crippen LogP contribution in [0.25, 0.3) is 0 Å². The minimum atomic E-state index is -0.696. The summed E-state index contributed by atoms with van der Waals surface area (Å²) >= 11 is 12.8. The van der Waals surface area contributed by atoms with Crippen LogP contribution in [-0.2, 0) is 29.0 Å². The molecule has 0 saturated carbocycles. The monoisotopic (exact) mass is 468 g/mol. The summed E-state index contributed by atoms with van der Waals surface area (Å²) in [6.45, 7) is 0.150. The van der Waals surface area contributed by atoms with E-state index < -0.39 is 6.04 Å². The number of halogens is 2. The molecule has 0 aromatic heterocycles. The van der Waals surface area contributed by atoms with Gasteiger partial charge in [-0.25, -0.2) is 0 Å². The van der Waals surface area contributed by atoms with Gasteiger partial charge in [0.15, 0.2) is 0 Å². The fourth-order valence-corrected chi connectivity index (χ4v) is 4.13. The highest BCUT2D eigenvalue weighted by molar-refractivity contribution is 6.36. The quantitative estimate of drug-likeness (QED) is 0.462. The Balaban J connectivity index is 1.92. The molecular formula is C26H26Cl2N2O2. The van der Waals surface area contributed by atoms with Gasteiger partial charge in [0.2, 0.25) is 11.8 Å². The zero-order valence-corrected chi connectivity index (χ0v) is 19.4. The maximum Gasteiger partial charge on any atom is 0.242 e. The molecule has 0 heterocycles. The van der Waals surface area contributed by atoms with Crippen molar-refractivity contribution in [2.45, 2.75) is 31.8 Å². The van der Waals surface area contributed by atoms with Crippen molar-refractivity contribution in [3.05, 3.63) is 106 Å². The van der Waals surface area contributed by atoms with Gasteiger partial charge in [0.05, 0.1) is 0 Å². The number of hydrogen-bond donors (Lipinski definition) is 1. The van der Waals surface area contributed by atoms with E-state index in [1.165, 1.54) is 0 Å². The van der Waals surface area contributed by atoms with Gasteiger partial charge in [-0.3, -0.25) is 9.59 Å². The molecule has 166 valence electrons. The summed E-state index contributed by atoms with van der Waals surface area (Å²) in [5, 5.41) is 3.64. The van der Waals surface area contributed by atoms with Crippen LogP contribution < -0.4 is 5.32 Å². The van der Waals surface area contributed by atoms with Crippen LogP contribution in [0.2, 0.25) is 10.0 Å². The minimum Gasteiger partial charge on any atom is -0.357 e. The first-order chi connectivity index (χ1) is 15.5. The molecule has 0 unspecified atom stereocenters. The number of nitrogens with zero attached hydrogens (tertiary/aromatic N) is 1. The first kappa shape index (κ1) is 23.8. The van der Waals surface area contributed by atoms with Crippen LogP contribution in [0.15, 0.2) is 78.9 Å². The fourth-order valence-electron chi connectivity index (χ4n) is 3.61. The Morgan fingerprint density at radius 3 is 1.97 bits per heavy atom. The third-order valence-electron chi connectivity index (χ3n) is 5.38. The van der Waals surface area contributed by atoms with Crippen molar-refractivity contribution in [1.29, 1.82) is 0 Å². The molecule has 4 nitrogen and oxygen atoms in total. The van der Waals surface area contributed by atoms with Crippen molar-refractivity contribution in [3.63, 3.8) is 0 Å². The normalized spacial score (nSPS) is 11.6. The number of hydrogen-bond acceptors (Lipinski definition) is 2. The number of aryl methyl sites for hydroxylation is 1. The fraction of sp³-hybridized carbons (Fsp3) is 0.231. The number of amides is 2. The topological polar surface area (TPSA) is 49.4 Å². The van der Waals surface area contributed by atoms with Gasteiger partial charge >= 0.3 is 0 Å². The summed E-state index contributed by atoms with van der Waals surface area (Å²) < 4.78 is 0. The highest BCUT2D eigenvalue weighted by Gasteiger charge is 2.30. The lowest BCUT2D eigenvalue weighted by molar-refractivity contribution is -0.141. The molecule has 0 aliphatic heterocycles. The molecule has 0 fully saturated rings. The van der Waals surface area contributed by atoms with Crippen molar-refractivity contribution in [3.8, 4) is 0 Å². The van der Waals surface area contributed by atoms with E-state index in [-0.39, 0.29) is 24.8 Å². The summed E-state index contributed by atoms with van der Waals surface area (Å²) in [4.78, 5) is 28.0. The number of carbonyl (C=O) groups excluding carboxylic acids is 2. The second-order valence-corrected chi connectivity index (χ2v) is 8.34. The molecule has 0 aliphatic carbocycles. The van der Waals surface area contributed by atoms with Gasteiger partial charge in [0.25, 0.3) is 0 Å². The van der Waals surface area contributed by atoms with E-state index in [1.54, 1.807) is 30.1 Å². The van der Waals surface area contributed by atoms with E-state index in [2.05, 4.69) is 5.32 Å². The average molecular weight is 469 g/mol. The molecule has 0 spiro atoms. The molecule has 1 atom stereocenters. The van der Waals surface area contributed by atoms with Gasteiger partial charge in [-0.05, 0) is 29.7 Å². The van der Waals surface area contributed by atoms with Crippen molar-refractivity contribution in [2.24, 2.45) is 0 Å². The molecule has 3 rings (SSSR count). The molecular weight excluding hydrogens is 443 g/mol. The van der Waals surface area contributed by atoms with E-state index in [0.717, 1.165) is 11.1 Å². The van der Waals surface area contributed by atoms with Gasteiger partial charge in [0, 0.05) is 42.0 Å². The first-order valence-corrected chi connectivity index (χ1v) is 11.3. The molecule has 2 amide bonds. The Morgan fingerprint density at radius 2 is 1.41 bits per heavy atom.